The Morgan fingerprint density at radius 1 is 1.07 bits per heavy atom. The van der Waals surface area contributed by atoms with Gasteiger partial charge in [0.1, 0.15) is 23.0 Å². The van der Waals surface area contributed by atoms with Crippen LogP contribution in [-0.2, 0) is 22.6 Å². The highest BCUT2D eigenvalue weighted by Gasteiger charge is 2.33. The zero-order valence-electron chi connectivity index (χ0n) is 15.4. The van der Waals surface area contributed by atoms with Gasteiger partial charge in [0, 0.05) is 12.0 Å². The summed E-state index contributed by atoms with van der Waals surface area (Å²) in [7, 11) is -2.64. The number of halogens is 4. The lowest BCUT2D eigenvalue weighted by Crippen LogP contribution is -2.17. The fraction of sp³-hybridized carbons (Fsp3) is 0.158. The lowest BCUT2D eigenvalue weighted by Gasteiger charge is -2.16. The molecule has 2 aromatic carbocycles. The molecule has 30 heavy (non-hydrogen) atoms. The normalized spacial score (nSPS) is 11.9. The van der Waals surface area contributed by atoms with E-state index in [1.807, 2.05) is 0 Å². The van der Waals surface area contributed by atoms with Crippen molar-refractivity contribution in [1.29, 1.82) is 0 Å². The van der Waals surface area contributed by atoms with Crippen LogP contribution in [0, 0.1) is 0 Å². The molecule has 0 atom stereocenters. The van der Waals surface area contributed by atoms with Gasteiger partial charge in [-0.3, -0.25) is 4.72 Å². The van der Waals surface area contributed by atoms with E-state index >= 15 is 0 Å². The molecular formula is C19H15ClF3N3O3S. The molecule has 0 saturated carbocycles. The maximum Gasteiger partial charge on any atom is 0.416 e. The highest BCUT2D eigenvalue weighted by molar-refractivity contribution is 7.92. The second kappa shape index (κ2) is 8.49. The van der Waals surface area contributed by atoms with Gasteiger partial charge in [-0.15, -0.1) is 0 Å². The molecule has 0 amide bonds. The molecule has 11 heteroatoms. The molecule has 0 saturated heterocycles. The number of sulfonamides is 1. The molecule has 0 radical (unpaired) electrons. The van der Waals surface area contributed by atoms with Crippen LogP contribution in [0.2, 0.25) is 5.15 Å². The SMILES string of the molecule is COc1ccc(S(=O)(=O)Nc2ncnc(Cl)c2Cc2ccccc2C(F)(F)F)cc1. The summed E-state index contributed by atoms with van der Waals surface area (Å²) < 4.78 is 72.6. The lowest BCUT2D eigenvalue weighted by atomic mass is 10.0. The molecule has 3 aromatic rings. The van der Waals surface area contributed by atoms with Gasteiger partial charge in [-0.25, -0.2) is 18.4 Å². The predicted molar refractivity (Wildman–Crippen MR) is 105 cm³/mol. The zero-order valence-corrected chi connectivity index (χ0v) is 17.0. The Labute approximate surface area is 175 Å². The Balaban J connectivity index is 1.98. The number of nitrogens with one attached hydrogen (secondary N) is 1. The molecule has 0 aliphatic heterocycles. The second-order valence-corrected chi connectivity index (χ2v) is 8.14. The van der Waals surface area contributed by atoms with Gasteiger partial charge in [0.05, 0.1) is 17.6 Å². The molecule has 1 N–H and O–H groups in total. The number of benzene rings is 2. The van der Waals surface area contributed by atoms with E-state index < -0.39 is 21.8 Å². The fourth-order valence-corrected chi connectivity index (χ4v) is 3.96. The van der Waals surface area contributed by atoms with E-state index in [1.54, 1.807) is 0 Å². The van der Waals surface area contributed by atoms with Gasteiger partial charge in [0.2, 0.25) is 0 Å². The van der Waals surface area contributed by atoms with Crippen molar-refractivity contribution in [1.82, 2.24) is 9.97 Å². The number of ether oxygens (including phenoxy) is 1. The van der Waals surface area contributed by atoms with Crippen LogP contribution in [0.4, 0.5) is 19.0 Å². The quantitative estimate of drug-likeness (QED) is 0.549. The molecule has 0 aliphatic carbocycles. The fourth-order valence-electron chi connectivity index (χ4n) is 2.72. The van der Waals surface area contributed by atoms with E-state index in [0.29, 0.717) is 5.75 Å². The minimum Gasteiger partial charge on any atom is -0.497 e. The molecule has 0 fully saturated rings. The number of hydrogen-bond donors (Lipinski definition) is 1. The summed E-state index contributed by atoms with van der Waals surface area (Å²) in [6, 6.07) is 10.5. The first kappa shape index (κ1) is 21.8. The number of nitrogens with zero attached hydrogens (tertiary/aromatic N) is 2. The van der Waals surface area contributed by atoms with E-state index in [9.17, 15) is 21.6 Å². The first-order valence-corrected chi connectivity index (χ1v) is 10.3. The Morgan fingerprint density at radius 2 is 1.73 bits per heavy atom. The van der Waals surface area contributed by atoms with Gasteiger partial charge in [0.15, 0.2) is 0 Å². The van der Waals surface area contributed by atoms with Crippen molar-refractivity contribution in [3.63, 3.8) is 0 Å². The number of aromatic nitrogens is 2. The Bertz CT molecular complexity index is 1150. The van der Waals surface area contributed by atoms with Crippen molar-refractivity contribution in [2.45, 2.75) is 17.5 Å². The number of rotatable bonds is 6. The van der Waals surface area contributed by atoms with Gasteiger partial charge in [-0.05, 0) is 35.9 Å². The van der Waals surface area contributed by atoms with Gasteiger partial charge >= 0.3 is 6.18 Å². The number of hydrogen-bond acceptors (Lipinski definition) is 5. The maximum atomic E-state index is 13.3. The van der Waals surface area contributed by atoms with E-state index in [1.165, 1.54) is 49.6 Å². The molecule has 0 unspecified atom stereocenters. The Kier molecular flexibility index (Phi) is 6.18. The Hall–Kier alpha value is -2.85. The monoisotopic (exact) mass is 457 g/mol. The minimum absolute atomic E-state index is 0.0213. The summed E-state index contributed by atoms with van der Waals surface area (Å²) in [5, 5.41) is -0.158. The van der Waals surface area contributed by atoms with Crippen LogP contribution in [0.1, 0.15) is 16.7 Å². The summed E-state index contributed by atoms with van der Waals surface area (Å²) >= 11 is 6.08. The van der Waals surface area contributed by atoms with Gasteiger partial charge in [-0.2, -0.15) is 13.2 Å². The molecule has 0 aliphatic rings. The zero-order chi connectivity index (χ0) is 21.9. The van der Waals surface area contributed by atoms with E-state index in [-0.39, 0.29) is 33.4 Å². The van der Waals surface area contributed by atoms with E-state index in [2.05, 4.69) is 14.7 Å². The second-order valence-electron chi connectivity index (χ2n) is 6.10. The highest BCUT2D eigenvalue weighted by atomic mass is 35.5. The molecular weight excluding hydrogens is 443 g/mol. The van der Waals surface area contributed by atoms with Crippen molar-refractivity contribution >= 4 is 27.4 Å². The van der Waals surface area contributed by atoms with Crippen LogP contribution in [0.5, 0.6) is 5.75 Å². The summed E-state index contributed by atoms with van der Waals surface area (Å²) in [4.78, 5) is 7.57. The van der Waals surface area contributed by atoms with Crippen LogP contribution in [0.3, 0.4) is 0 Å². The van der Waals surface area contributed by atoms with Crippen LogP contribution >= 0.6 is 11.6 Å². The van der Waals surface area contributed by atoms with E-state index in [0.717, 1.165) is 12.4 Å². The maximum absolute atomic E-state index is 13.3. The van der Waals surface area contributed by atoms with Crippen molar-refractivity contribution in [2.24, 2.45) is 0 Å². The smallest absolute Gasteiger partial charge is 0.416 e. The summed E-state index contributed by atoms with van der Waals surface area (Å²) in [6.45, 7) is 0. The average molecular weight is 458 g/mol. The summed E-state index contributed by atoms with van der Waals surface area (Å²) in [5.41, 5.74) is -0.923. The molecule has 1 heterocycles. The van der Waals surface area contributed by atoms with Crippen LogP contribution < -0.4 is 9.46 Å². The third kappa shape index (κ3) is 4.82. The topological polar surface area (TPSA) is 81.2 Å². The average Bonchev–Trinajstić information content (AvgIpc) is 2.70. The van der Waals surface area contributed by atoms with Crippen LogP contribution in [0.15, 0.2) is 59.8 Å². The van der Waals surface area contributed by atoms with E-state index in [4.69, 9.17) is 16.3 Å². The largest absolute Gasteiger partial charge is 0.497 e. The first-order valence-electron chi connectivity index (χ1n) is 8.43. The standard InChI is InChI=1S/C19H15ClF3N3O3S/c1-29-13-6-8-14(9-7-13)30(27,28)26-18-15(17(20)24-11-25-18)10-12-4-2-3-5-16(12)19(21,22)23/h2-9,11H,10H2,1H3,(H,24,25,26). The van der Waals surface area contributed by atoms with Gasteiger partial charge in [-0.1, -0.05) is 29.8 Å². The van der Waals surface area contributed by atoms with Crippen molar-refractivity contribution < 1.29 is 26.3 Å². The molecule has 3 rings (SSSR count). The van der Waals surface area contributed by atoms with Crippen molar-refractivity contribution in [2.75, 3.05) is 11.8 Å². The third-order valence-corrected chi connectivity index (χ3v) is 5.86. The van der Waals surface area contributed by atoms with Crippen LogP contribution in [0.25, 0.3) is 0 Å². The molecule has 1 aromatic heterocycles. The van der Waals surface area contributed by atoms with Gasteiger partial charge < -0.3 is 4.74 Å². The number of methoxy groups -OCH3 is 1. The first-order chi connectivity index (χ1) is 14.1. The highest BCUT2D eigenvalue weighted by Crippen LogP contribution is 2.34. The molecule has 158 valence electrons. The van der Waals surface area contributed by atoms with Crippen molar-refractivity contribution in [3.05, 3.63) is 76.7 Å². The number of anilines is 1. The lowest BCUT2D eigenvalue weighted by molar-refractivity contribution is -0.138. The summed E-state index contributed by atoms with van der Waals surface area (Å²) in [5.74, 6) is 0.256. The molecule has 6 nitrogen and oxygen atoms in total. The Morgan fingerprint density at radius 3 is 2.37 bits per heavy atom. The number of alkyl halides is 3. The minimum atomic E-state index is -4.58. The van der Waals surface area contributed by atoms with Gasteiger partial charge in [0.25, 0.3) is 10.0 Å². The molecule has 0 spiro atoms. The predicted octanol–water partition coefficient (Wildman–Crippen LogP) is 4.55. The van der Waals surface area contributed by atoms with Crippen molar-refractivity contribution in [3.8, 4) is 5.75 Å². The third-order valence-electron chi connectivity index (χ3n) is 4.18. The summed E-state index contributed by atoms with van der Waals surface area (Å²) in [6.07, 6.45) is -3.88. The van der Waals surface area contributed by atoms with Crippen LogP contribution in [-0.4, -0.2) is 25.5 Å². The molecule has 0 bridgehead atoms.